The Morgan fingerprint density at radius 1 is 1.05 bits per heavy atom. The maximum absolute atomic E-state index is 5.83. The van der Waals surface area contributed by atoms with E-state index < -0.39 is 0 Å². The minimum atomic E-state index is 0.551. The molecule has 200 valence electrons. The number of hydrogen-bond acceptors (Lipinski definition) is 8. The zero-order valence-corrected chi connectivity index (χ0v) is 22.2. The summed E-state index contributed by atoms with van der Waals surface area (Å²) in [5, 5.41) is 16.5. The maximum atomic E-state index is 5.83. The van der Waals surface area contributed by atoms with Crippen molar-refractivity contribution < 1.29 is 9.47 Å². The van der Waals surface area contributed by atoms with Crippen LogP contribution in [0.3, 0.4) is 0 Å². The first-order valence-corrected chi connectivity index (χ1v) is 13.6. The fraction of sp³-hybridized carbons (Fsp3) is 0.379. The number of rotatable bonds is 8. The van der Waals surface area contributed by atoms with Gasteiger partial charge in [0, 0.05) is 55.3 Å². The lowest BCUT2D eigenvalue weighted by Crippen LogP contribution is -2.30. The highest BCUT2D eigenvalue weighted by atomic mass is 16.5. The van der Waals surface area contributed by atoms with Crippen LogP contribution in [-0.4, -0.2) is 62.6 Å². The molecule has 0 aromatic carbocycles. The van der Waals surface area contributed by atoms with Crippen LogP contribution in [0.25, 0.3) is 27.7 Å². The van der Waals surface area contributed by atoms with E-state index in [1.54, 1.807) is 7.11 Å². The van der Waals surface area contributed by atoms with Crippen molar-refractivity contribution in [1.82, 2.24) is 35.1 Å². The molecule has 2 aliphatic rings. The number of hydrogen-bond donors (Lipinski definition) is 2. The Labute approximate surface area is 226 Å². The van der Waals surface area contributed by atoms with E-state index in [1.165, 1.54) is 18.4 Å². The summed E-state index contributed by atoms with van der Waals surface area (Å²) < 4.78 is 12.9. The van der Waals surface area contributed by atoms with Gasteiger partial charge in [0.25, 0.3) is 0 Å². The molecule has 2 N–H and O–H groups in total. The predicted molar refractivity (Wildman–Crippen MR) is 149 cm³/mol. The number of nitrogens with one attached hydrogen (secondary N) is 2. The monoisotopic (exact) mass is 524 g/mol. The molecule has 5 aromatic rings. The largest absolute Gasteiger partial charge is 0.492 e. The topological polar surface area (TPSA) is 105 Å². The third-order valence-corrected chi connectivity index (χ3v) is 8.15. The van der Waals surface area contributed by atoms with Crippen LogP contribution in [0.5, 0.6) is 11.6 Å². The van der Waals surface area contributed by atoms with Gasteiger partial charge in [-0.15, -0.1) is 5.10 Å². The van der Waals surface area contributed by atoms with Crippen LogP contribution < -0.4 is 19.7 Å². The van der Waals surface area contributed by atoms with Crippen molar-refractivity contribution in [3.63, 3.8) is 0 Å². The first-order valence-electron chi connectivity index (χ1n) is 13.6. The van der Waals surface area contributed by atoms with Crippen LogP contribution in [0, 0.1) is 11.8 Å². The number of nitrogens with zero attached hydrogens (tertiary/aromatic N) is 6. The average Bonchev–Trinajstić information content (AvgIpc) is 3.73. The van der Waals surface area contributed by atoms with Gasteiger partial charge in [-0.3, -0.25) is 5.10 Å². The summed E-state index contributed by atoms with van der Waals surface area (Å²) in [7, 11) is 1.64. The van der Waals surface area contributed by atoms with Crippen LogP contribution >= 0.6 is 0 Å². The minimum absolute atomic E-state index is 0.551. The number of anilines is 1. The molecule has 6 heterocycles. The molecule has 5 aromatic heterocycles. The molecule has 0 radical (unpaired) electrons. The normalized spacial score (nSPS) is 20.7. The van der Waals surface area contributed by atoms with Crippen molar-refractivity contribution in [3.05, 3.63) is 60.7 Å². The minimum Gasteiger partial charge on any atom is -0.492 e. The molecular formula is C29H32N8O2. The van der Waals surface area contributed by atoms with E-state index in [2.05, 4.69) is 54.8 Å². The van der Waals surface area contributed by atoms with Crippen molar-refractivity contribution in [2.45, 2.75) is 32.4 Å². The summed E-state index contributed by atoms with van der Waals surface area (Å²) in [5.74, 6) is 3.87. The van der Waals surface area contributed by atoms with Gasteiger partial charge in [-0.2, -0.15) is 5.10 Å². The van der Waals surface area contributed by atoms with Crippen LogP contribution in [0.1, 0.15) is 25.3 Å². The van der Waals surface area contributed by atoms with Crippen molar-refractivity contribution in [2.24, 2.45) is 11.8 Å². The quantitative estimate of drug-likeness (QED) is 0.313. The number of aromatic nitrogens is 6. The molecule has 2 atom stereocenters. The molecule has 2 fully saturated rings. The van der Waals surface area contributed by atoms with Gasteiger partial charge in [-0.25, -0.2) is 14.5 Å². The zero-order chi connectivity index (χ0) is 26.3. The number of ether oxygens (including phenoxy) is 2. The fourth-order valence-corrected chi connectivity index (χ4v) is 6.29. The second kappa shape index (κ2) is 9.85. The number of H-pyrrole nitrogens is 1. The number of aromatic amines is 1. The maximum Gasteiger partial charge on any atom is 0.212 e. The third kappa shape index (κ3) is 4.44. The summed E-state index contributed by atoms with van der Waals surface area (Å²) >= 11 is 0. The van der Waals surface area contributed by atoms with E-state index in [4.69, 9.17) is 14.5 Å². The van der Waals surface area contributed by atoms with Crippen LogP contribution in [0.4, 0.5) is 5.82 Å². The smallest absolute Gasteiger partial charge is 0.212 e. The summed E-state index contributed by atoms with van der Waals surface area (Å²) in [6.07, 6.45) is 10.0. The Hall–Kier alpha value is -4.18. The summed E-state index contributed by atoms with van der Waals surface area (Å²) in [5.41, 5.74) is 5.00. The molecule has 1 saturated heterocycles. The molecule has 1 aliphatic carbocycles. The van der Waals surface area contributed by atoms with Gasteiger partial charge < -0.3 is 19.7 Å². The van der Waals surface area contributed by atoms with Gasteiger partial charge in [0.2, 0.25) is 5.88 Å². The van der Waals surface area contributed by atoms with Crippen molar-refractivity contribution >= 4 is 22.4 Å². The van der Waals surface area contributed by atoms with E-state index in [0.29, 0.717) is 30.4 Å². The zero-order valence-electron chi connectivity index (χ0n) is 22.2. The highest BCUT2D eigenvalue weighted by molar-refractivity contribution is 6.00. The lowest BCUT2D eigenvalue weighted by molar-refractivity contribution is 0.338. The Balaban J connectivity index is 1.03. The van der Waals surface area contributed by atoms with E-state index in [0.717, 1.165) is 58.9 Å². The average molecular weight is 525 g/mol. The van der Waals surface area contributed by atoms with Gasteiger partial charge in [-0.1, -0.05) is 6.07 Å². The second-order valence-corrected chi connectivity index (χ2v) is 10.5. The van der Waals surface area contributed by atoms with Gasteiger partial charge in [-0.05, 0) is 55.4 Å². The highest BCUT2D eigenvalue weighted by Gasteiger charge is 2.41. The Bertz CT molecular complexity index is 1580. The fourth-order valence-electron chi connectivity index (χ4n) is 6.29. The molecule has 10 nitrogen and oxygen atoms in total. The Morgan fingerprint density at radius 2 is 1.92 bits per heavy atom. The van der Waals surface area contributed by atoms with Gasteiger partial charge in [0.15, 0.2) is 5.65 Å². The van der Waals surface area contributed by atoms with E-state index in [-0.39, 0.29) is 0 Å². The van der Waals surface area contributed by atoms with Crippen LogP contribution in [0.2, 0.25) is 0 Å². The van der Waals surface area contributed by atoms with Gasteiger partial charge in [0.05, 0.1) is 37.0 Å². The second-order valence-electron chi connectivity index (χ2n) is 10.5. The Kier molecular flexibility index (Phi) is 6.04. The van der Waals surface area contributed by atoms with Crippen LogP contribution in [-0.2, 0) is 6.54 Å². The van der Waals surface area contributed by atoms with Gasteiger partial charge >= 0.3 is 0 Å². The SMILES string of the molecule is CCOc1cc(-c2ccc(N3CC4CC(NCc5ccc(OC)nc5)CC4C3)nc2)c2c3cn[nH]c3nn2c1. The molecule has 1 saturated carbocycles. The highest BCUT2D eigenvalue weighted by Crippen LogP contribution is 2.40. The molecule has 0 spiro atoms. The van der Waals surface area contributed by atoms with E-state index in [9.17, 15) is 0 Å². The molecule has 10 heteroatoms. The molecule has 2 unspecified atom stereocenters. The molecule has 0 bridgehead atoms. The van der Waals surface area contributed by atoms with Crippen molar-refractivity contribution in [2.75, 3.05) is 31.7 Å². The third-order valence-electron chi connectivity index (χ3n) is 8.15. The number of pyridine rings is 3. The molecule has 7 rings (SSSR count). The summed E-state index contributed by atoms with van der Waals surface area (Å²) in [4.78, 5) is 11.7. The summed E-state index contributed by atoms with van der Waals surface area (Å²) in [6, 6.07) is 10.9. The first kappa shape index (κ1) is 23.9. The lowest BCUT2D eigenvalue weighted by atomic mass is 10.0. The standard InChI is InChI=1S/C29H32N8O2/c1-3-39-23-10-24(28-25-14-33-34-29(25)35-37(28)17-23)19-5-6-26(31-13-19)36-15-20-8-22(9-21(20)16-36)30-11-18-4-7-27(38-2)32-12-18/h4-7,10,12-14,17,20-22,30H,3,8-9,11,15-16H2,1-2H3,(H,34,35). The first-order chi connectivity index (χ1) is 19.2. The summed E-state index contributed by atoms with van der Waals surface area (Å²) in [6.45, 7) is 5.53. The number of fused-ring (bicyclic) bond motifs is 4. The lowest BCUT2D eigenvalue weighted by Gasteiger charge is -2.21. The molecule has 1 aliphatic heterocycles. The molecule has 0 amide bonds. The van der Waals surface area contributed by atoms with E-state index in [1.807, 2.05) is 42.3 Å². The molecule has 39 heavy (non-hydrogen) atoms. The molecular weight excluding hydrogens is 492 g/mol. The Morgan fingerprint density at radius 3 is 2.64 bits per heavy atom. The van der Waals surface area contributed by atoms with Crippen LogP contribution in [0.15, 0.2) is 55.1 Å². The van der Waals surface area contributed by atoms with E-state index >= 15 is 0 Å². The number of methoxy groups -OCH3 is 1. The predicted octanol–water partition coefficient (Wildman–Crippen LogP) is 4.08. The van der Waals surface area contributed by atoms with Crippen molar-refractivity contribution in [3.8, 4) is 22.8 Å². The van der Waals surface area contributed by atoms with Gasteiger partial charge in [0.1, 0.15) is 11.6 Å². The van der Waals surface area contributed by atoms with Crippen molar-refractivity contribution in [1.29, 1.82) is 0 Å².